The number of Topliss-reactive ketones (excluding diaryl/α,β-unsaturated/α-hetero) is 1. The summed E-state index contributed by atoms with van der Waals surface area (Å²) in [5.41, 5.74) is -0.616. The van der Waals surface area contributed by atoms with E-state index in [0.717, 1.165) is 20.1 Å². The largest absolute Gasteiger partial charge is 0.506 e. The number of ketones is 3. The van der Waals surface area contributed by atoms with Crippen LogP contribution >= 0.6 is 0 Å². The highest BCUT2D eigenvalue weighted by molar-refractivity contribution is 6.31. The average molecular weight is 324 g/mol. The Bertz CT molecular complexity index is 939. The fourth-order valence-corrected chi connectivity index (χ4v) is 2.85. The normalized spacial score (nSPS) is 12.4. The summed E-state index contributed by atoms with van der Waals surface area (Å²) in [7, 11) is 1.11. The molecular weight excluding hydrogens is 312 g/mol. The standard InChI is InChI=1S/C18H12O6/c1-8(19)13-14-11(7-12(17(13)22)18(23)24-2)15(20)9-5-3-4-6-10(9)16(14)21/h3-7,22H,1-2H3. The lowest BCUT2D eigenvalue weighted by atomic mass is 9.79. The predicted octanol–water partition coefficient (Wildman–Crippen LogP) is 2.16. The summed E-state index contributed by atoms with van der Waals surface area (Å²) in [6, 6.07) is 7.29. The van der Waals surface area contributed by atoms with Crippen molar-refractivity contribution in [3.8, 4) is 5.75 Å². The van der Waals surface area contributed by atoms with Crippen LogP contribution in [0.4, 0.5) is 0 Å². The number of phenolic OH excluding ortho intramolecular Hbond substituents is 1. The van der Waals surface area contributed by atoms with Gasteiger partial charge in [-0.05, 0) is 13.0 Å². The lowest BCUT2D eigenvalue weighted by molar-refractivity contribution is 0.0597. The van der Waals surface area contributed by atoms with Crippen molar-refractivity contribution >= 4 is 23.3 Å². The lowest BCUT2D eigenvalue weighted by Crippen LogP contribution is -2.25. The maximum atomic E-state index is 12.7. The van der Waals surface area contributed by atoms with E-state index < -0.39 is 29.1 Å². The van der Waals surface area contributed by atoms with Crippen LogP contribution in [0.1, 0.15) is 59.5 Å². The molecular formula is C18H12O6. The van der Waals surface area contributed by atoms with Gasteiger partial charge in [0.2, 0.25) is 0 Å². The molecule has 0 aliphatic heterocycles. The minimum atomic E-state index is -0.906. The molecule has 6 nitrogen and oxygen atoms in total. The third-order valence-electron chi connectivity index (χ3n) is 3.95. The number of esters is 1. The molecule has 1 N–H and O–H groups in total. The van der Waals surface area contributed by atoms with Gasteiger partial charge in [0.15, 0.2) is 17.3 Å². The first kappa shape index (κ1) is 15.6. The molecule has 0 amide bonds. The molecule has 0 heterocycles. The molecule has 0 saturated heterocycles. The van der Waals surface area contributed by atoms with Gasteiger partial charge >= 0.3 is 5.97 Å². The Kier molecular flexibility index (Phi) is 3.52. The van der Waals surface area contributed by atoms with Gasteiger partial charge in [-0.1, -0.05) is 24.3 Å². The van der Waals surface area contributed by atoms with Gasteiger partial charge in [0.05, 0.1) is 12.7 Å². The highest BCUT2D eigenvalue weighted by Crippen LogP contribution is 2.36. The molecule has 0 radical (unpaired) electrons. The van der Waals surface area contributed by atoms with Crippen LogP contribution in [0.5, 0.6) is 5.75 Å². The maximum Gasteiger partial charge on any atom is 0.341 e. The summed E-state index contributed by atoms with van der Waals surface area (Å²) < 4.78 is 4.57. The number of fused-ring (bicyclic) bond motifs is 2. The van der Waals surface area contributed by atoms with E-state index in [1.165, 1.54) is 12.1 Å². The minimum Gasteiger partial charge on any atom is -0.506 e. The highest BCUT2D eigenvalue weighted by Gasteiger charge is 2.36. The van der Waals surface area contributed by atoms with E-state index in [2.05, 4.69) is 4.74 Å². The fourth-order valence-electron chi connectivity index (χ4n) is 2.85. The molecule has 2 aromatic rings. The van der Waals surface area contributed by atoms with Crippen LogP contribution in [0.15, 0.2) is 30.3 Å². The second-order valence-electron chi connectivity index (χ2n) is 5.32. The summed E-state index contributed by atoms with van der Waals surface area (Å²) in [6.07, 6.45) is 0. The Morgan fingerprint density at radius 3 is 2.12 bits per heavy atom. The zero-order chi connectivity index (χ0) is 17.6. The van der Waals surface area contributed by atoms with E-state index in [1.807, 2.05) is 0 Å². The van der Waals surface area contributed by atoms with Crippen molar-refractivity contribution in [2.75, 3.05) is 7.11 Å². The van der Waals surface area contributed by atoms with E-state index in [1.54, 1.807) is 12.1 Å². The van der Waals surface area contributed by atoms with Crippen molar-refractivity contribution in [1.29, 1.82) is 0 Å². The Morgan fingerprint density at radius 2 is 1.58 bits per heavy atom. The number of carbonyl (C=O) groups excluding carboxylic acids is 4. The lowest BCUT2D eigenvalue weighted by Gasteiger charge is -2.21. The summed E-state index contributed by atoms with van der Waals surface area (Å²) in [5, 5.41) is 10.3. The van der Waals surface area contributed by atoms with Crippen molar-refractivity contribution in [1.82, 2.24) is 0 Å². The molecule has 0 saturated carbocycles. The van der Waals surface area contributed by atoms with Crippen LogP contribution in [0, 0.1) is 0 Å². The van der Waals surface area contributed by atoms with Crippen LogP contribution < -0.4 is 0 Å². The van der Waals surface area contributed by atoms with Gasteiger partial charge in [-0.2, -0.15) is 0 Å². The third kappa shape index (κ3) is 2.04. The molecule has 0 spiro atoms. The number of ether oxygens (including phenoxy) is 1. The number of phenols is 1. The molecule has 24 heavy (non-hydrogen) atoms. The van der Waals surface area contributed by atoms with Crippen LogP contribution in [-0.2, 0) is 4.74 Å². The second kappa shape index (κ2) is 5.42. The van der Waals surface area contributed by atoms with Gasteiger partial charge in [0, 0.05) is 22.3 Å². The summed E-state index contributed by atoms with van der Waals surface area (Å²) in [5.74, 6) is -3.23. The van der Waals surface area contributed by atoms with Crippen molar-refractivity contribution in [2.24, 2.45) is 0 Å². The molecule has 0 unspecified atom stereocenters. The monoisotopic (exact) mass is 324 g/mol. The predicted molar refractivity (Wildman–Crippen MR) is 82.8 cm³/mol. The molecule has 3 rings (SSSR count). The summed E-state index contributed by atoms with van der Waals surface area (Å²) in [6.45, 7) is 1.15. The van der Waals surface area contributed by atoms with E-state index in [-0.39, 0.29) is 33.4 Å². The Balaban J connectivity index is 2.42. The van der Waals surface area contributed by atoms with Crippen molar-refractivity contribution in [2.45, 2.75) is 6.92 Å². The number of hydrogen-bond donors (Lipinski definition) is 1. The number of aromatic hydroxyl groups is 1. The Morgan fingerprint density at radius 1 is 1.00 bits per heavy atom. The maximum absolute atomic E-state index is 12.7. The third-order valence-corrected chi connectivity index (χ3v) is 3.95. The van der Waals surface area contributed by atoms with Crippen LogP contribution in [0.2, 0.25) is 0 Å². The first-order valence-corrected chi connectivity index (χ1v) is 7.06. The molecule has 0 bridgehead atoms. The molecule has 1 aliphatic rings. The van der Waals surface area contributed by atoms with E-state index >= 15 is 0 Å². The van der Waals surface area contributed by atoms with E-state index in [9.17, 15) is 24.3 Å². The minimum absolute atomic E-state index is 0.0953. The van der Waals surface area contributed by atoms with Crippen molar-refractivity contribution in [3.63, 3.8) is 0 Å². The summed E-state index contributed by atoms with van der Waals surface area (Å²) >= 11 is 0. The number of benzene rings is 2. The average Bonchev–Trinajstić information content (AvgIpc) is 2.58. The van der Waals surface area contributed by atoms with Crippen LogP contribution in [-0.4, -0.2) is 35.5 Å². The number of methoxy groups -OCH3 is 1. The SMILES string of the molecule is COC(=O)c1cc2c(c(C(C)=O)c1O)C(=O)c1ccccc1C2=O. The van der Waals surface area contributed by atoms with Crippen LogP contribution in [0.25, 0.3) is 0 Å². The molecule has 6 heteroatoms. The quantitative estimate of drug-likeness (QED) is 0.573. The van der Waals surface area contributed by atoms with Crippen LogP contribution in [0.3, 0.4) is 0 Å². The van der Waals surface area contributed by atoms with Gasteiger partial charge < -0.3 is 9.84 Å². The van der Waals surface area contributed by atoms with E-state index in [4.69, 9.17) is 0 Å². The number of rotatable bonds is 2. The molecule has 120 valence electrons. The van der Waals surface area contributed by atoms with Crippen molar-refractivity contribution < 1.29 is 29.0 Å². The highest BCUT2D eigenvalue weighted by atomic mass is 16.5. The molecule has 1 aliphatic carbocycles. The number of carbonyl (C=O) groups is 4. The molecule has 0 aromatic heterocycles. The molecule has 2 aromatic carbocycles. The Labute approximate surface area is 136 Å². The topological polar surface area (TPSA) is 97.7 Å². The van der Waals surface area contributed by atoms with Gasteiger partial charge in [0.25, 0.3) is 0 Å². The smallest absolute Gasteiger partial charge is 0.341 e. The zero-order valence-corrected chi connectivity index (χ0v) is 12.9. The molecule has 0 fully saturated rings. The first-order valence-electron chi connectivity index (χ1n) is 7.06. The van der Waals surface area contributed by atoms with Crippen molar-refractivity contribution in [3.05, 3.63) is 63.7 Å². The second-order valence-corrected chi connectivity index (χ2v) is 5.32. The Hall–Kier alpha value is -3.28. The summed E-state index contributed by atoms with van der Waals surface area (Å²) in [4.78, 5) is 49.3. The number of hydrogen-bond acceptors (Lipinski definition) is 6. The van der Waals surface area contributed by atoms with Gasteiger partial charge in [-0.3, -0.25) is 14.4 Å². The van der Waals surface area contributed by atoms with Gasteiger partial charge in [-0.15, -0.1) is 0 Å². The fraction of sp³-hybridized carbons (Fsp3) is 0.111. The van der Waals surface area contributed by atoms with E-state index in [0.29, 0.717) is 0 Å². The van der Waals surface area contributed by atoms with Gasteiger partial charge in [0.1, 0.15) is 11.3 Å². The molecule has 0 atom stereocenters. The first-order chi connectivity index (χ1) is 11.4. The van der Waals surface area contributed by atoms with Gasteiger partial charge in [-0.25, -0.2) is 4.79 Å². The zero-order valence-electron chi connectivity index (χ0n) is 12.9.